The second-order valence-electron chi connectivity index (χ2n) is 6.11. The zero-order valence-electron chi connectivity index (χ0n) is 15.7. The molecule has 0 saturated heterocycles. The SMILES string of the molecule is COc1cc(F)c([N+](=O)[O-])cc1Nc1cc(Nc2ccccc2C(C)=N)ccn1. The van der Waals surface area contributed by atoms with E-state index in [0.29, 0.717) is 17.2 Å². The van der Waals surface area contributed by atoms with E-state index in [1.165, 1.54) is 7.11 Å². The lowest BCUT2D eigenvalue weighted by molar-refractivity contribution is -0.387. The van der Waals surface area contributed by atoms with Gasteiger partial charge in [0.2, 0.25) is 5.82 Å². The number of benzene rings is 2. The van der Waals surface area contributed by atoms with Gasteiger partial charge in [-0.1, -0.05) is 18.2 Å². The number of methoxy groups -OCH3 is 1. The molecule has 0 atom stereocenters. The summed E-state index contributed by atoms with van der Waals surface area (Å²) in [5, 5.41) is 25.1. The van der Waals surface area contributed by atoms with Gasteiger partial charge in [0.25, 0.3) is 0 Å². The molecule has 0 unspecified atom stereocenters. The predicted octanol–water partition coefficient (Wildman–Crippen LogP) is 5.01. The van der Waals surface area contributed by atoms with Crippen LogP contribution < -0.4 is 15.4 Å². The first-order chi connectivity index (χ1) is 13.9. The van der Waals surface area contributed by atoms with Crippen LogP contribution in [0.15, 0.2) is 54.7 Å². The van der Waals surface area contributed by atoms with Crippen molar-refractivity contribution in [2.45, 2.75) is 6.92 Å². The highest BCUT2D eigenvalue weighted by Gasteiger charge is 2.19. The smallest absolute Gasteiger partial charge is 0.307 e. The third-order valence-corrected chi connectivity index (χ3v) is 4.10. The van der Waals surface area contributed by atoms with Crippen LogP contribution in [0.4, 0.5) is 33.0 Å². The molecule has 3 N–H and O–H groups in total. The summed E-state index contributed by atoms with van der Waals surface area (Å²) in [6.45, 7) is 1.70. The van der Waals surface area contributed by atoms with E-state index in [1.807, 2.05) is 24.3 Å². The summed E-state index contributed by atoms with van der Waals surface area (Å²) in [6, 6.07) is 12.8. The molecule has 0 saturated carbocycles. The van der Waals surface area contributed by atoms with Crippen molar-refractivity contribution in [2.75, 3.05) is 17.7 Å². The van der Waals surface area contributed by atoms with Crippen LogP contribution in [0.2, 0.25) is 0 Å². The molecule has 0 amide bonds. The molecule has 0 radical (unpaired) electrons. The lowest BCUT2D eigenvalue weighted by Gasteiger charge is -2.14. The van der Waals surface area contributed by atoms with Crippen LogP contribution in [0.5, 0.6) is 5.75 Å². The number of halogens is 1. The predicted molar refractivity (Wildman–Crippen MR) is 109 cm³/mol. The number of rotatable bonds is 7. The first-order valence-corrected chi connectivity index (χ1v) is 8.55. The topological polar surface area (TPSA) is 113 Å². The van der Waals surface area contributed by atoms with Gasteiger partial charge < -0.3 is 20.8 Å². The summed E-state index contributed by atoms with van der Waals surface area (Å²) < 4.78 is 18.9. The molecule has 1 aromatic heterocycles. The van der Waals surface area contributed by atoms with E-state index >= 15 is 0 Å². The monoisotopic (exact) mass is 395 g/mol. The standard InChI is InChI=1S/C20H18FN5O3/c1-12(22)14-5-3-4-6-16(14)24-13-7-8-23-20(9-13)25-17-11-18(26(27)28)15(21)10-19(17)29-2/h3-11,22H,1-2H3,(H2,23,24,25). The molecule has 1 heterocycles. The van der Waals surface area contributed by atoms with Crippen molar-refractivity contribution in [1.29, 1.82) is 5.41 Å². The Kier molecular flexibility index (Phi) is 5.68. The second kappa shape index (κ2) is 8.34. The van der Waals surface area contributed by atoms with Gasteiger partial charge in [0.1, 0.15) is 11.6 Å². The van der Waals surface area contributed by atoms with Crippen molar-refractivity contribution in [1.82, 2.24) is 4.98 Å². The van der Waals surface area contributed by atoms with E-state index in [0.717, 1.165) is 23.4 Å². The number of nitrogens with one attached hydrogen (secondary N) is 3. The van der Waals surface area contributed by atoms with Gasteiger partial charge in [0, 0.05) is 47.0 Å². The van der Waals surface area contributed by atoms with Gasteiger partial charge in [-0.05, 0) is 19.1 Å². The molecule has 2 aromatic carbocycles. The normalized spacial score (nSPS) is 10.3. The zero-order valence-corrected chi connectivity index (χ0v) is 15.7. The molecule has 0 spiro atoms. The molecular weight excluding hydrogens is 377 g/mol. The molecule has 0 aliphatic carbocycles. The maximum atomic E-state index is 13.8. The largest absolute Gasteiger partial charge is 0.494 e. The average molecular weight is 395 g/mol. The van der Waals surface area contributed by atoms with E-state index in [4.69, 9.17) is 10.1 Å². The number of nitro benzene ring substituents is 1. The number of nitro groups is 1. The third-order valence-electron chi connectivity index (χ3n) is 4.10. The summed E-state index contributed by atoms with van der Waals surface area (Å²) in [6.07, 6.45) is 1.55. The minimum atomic E-state index is -0.987. The van der Waals surface area contributed by atoms with Crippen LogP contribution in [0.3, 0.4) is 0 Å². The number of hydrogen-bond acceptors (Lipinski definition) is 7. The fraction of sp³-hybridized carbons (Fsp3) is 0.100. The molecule has 8 nitrogen and oxygen atoms in total. The highest BCUT2D eigenvalue weighted by Crippen LogP contribution is 2.34. The number of pyridine rings is 1. The number of ether oxygens (including phenoxy) is 1. The van der Waals surface area contributed by atoms with Gasteiger partial charge >= 0.3 is 5.69 Å². The van der Waals surface area contributed by atoms with Gasteiger partial charge in [-0.3, -0.25) is 10.1 Å². The highest BCUT2D eigenvalue weighted by atomic mass is 19.1. The Labute approximate surface area is 166 Å². The molecular formula is C20H18FN5O3. The number of aromatic nitrogens is 1. The zero-order chi connectivity index (χ0) is 21.0. The molecule has 0 aliphatic rings. The van der Waals surface area contributed by atoms with Crippen LogP contribution in [-0.2, 0) is 0 Å². The molecule has 148 valence electrons. The molecule has 0 fully saturated rings. The lowest BCUT2D eigenvalue weighted by Crippen LogP contribution is -2.02. The second-order valence-corrected chi connectivity index (χ2v) is 6.11. The quantitative estimate of drug-likeness (QED) is 0.294. The summed E-state index contributed by atoms with van der Waals surface area (Å²) in [5.74, 6) is -0.504. The first-order valence-electron chi connectivity index (χ1n) is 8.55. The summed E-state index contributed by atoms with van der Waals surface area (Å²) in [7, 11) is 1.34. The van der Waals surface area contributed by atoms with E-state index < -0.39 is 16.4 Å². The van der Waals surface area contributed by atoms with Gasteiger partial charge in [-0.2, -0.15) is 4.39 Å². The Balaban J connectivity index is 1.91. The minimum absolute atomic E-state index is 0.109. The van der Waals surface area contributed by atoms with Crippen LogP contribution in [0, 0.1) is 21.3 Å². The molecule has 3 rings (SSSR count). The van der Waals surface area contributed by atoms with Crippen molar-refractivity contribution in [3.63, 3.8) is 0 Å². The molecule has 0 bridgehead atoms. The number of anilines is 4. The molecule has 9 heteroatoms. The minimum Gasteiger partial charge on any atom is -0.494 e. The fourth-order valence-electron chi connectivity index (χ4n) is 2.74. The molecule has 29 heavy (non-hydrogen) atoms. The van der Waals surface area contributed by atoms with Crippen molar-refractivity contribution in [2.24, 2.45) is 0 Å². The van der Waals surface area contributed by atoms with Gasteiger partial charge in [-0.25, -0.2) is 4.98 Å². The van der Waals surface area contributed by atoms with Gasteiger partial charge in [0.15, 0.2) is 0 Å². The first kappa shape index (κ1) is 19.7. The summed E-state index contributed by atoms with van der Waals surface area (Å²) in [5.41, 5.74) is 2.16. The Morgan fingerprint density at radius 3 is 2.62 bits per heavy atom. The number of nitrogens with zero attached hydrogens (tertiary/aromatic N) is 2. The van der Waals surface area contributed by atoms with Crippen molar-refractivity contribution < 1.29 is 14.1 Å². The Bertz CT molecular complexity index is 1090. The summed E-state index contributed by atoms with van der Waals surface area (Å²) in [4.78, 5) is 14.4. The lowest BCUT2D eigenvalue weighted by atomic mass is 10.1. The maximum absolute atomic E-state index is 13.8. The van der Waals surface area contributed by atoms with Crippen molar-refractivity contribution >= 4 is 34.3 Å². The molecule has 0 aliphatic heterocycles. The Morgan fingerprint density at radius 2 is 1.93 bits per heavy atom. The Morgan fingerprint density at radius 1 is 1.17 bits per heavy atom. The van der Waals surface area contributed by atoms with E-state index in [2.05, 4.69) is 15.6 Å². The molecule has 3 aromatic rings. The highest BCUT2D eigenvalue weighted by molar-refractivity contribution is 6.02. The maximum Gasteiger partial charge on any atom is 0.307 e. The van der Waals surface area contributed by atoms with E-state index in [1.54, 1.807) is 25.3 Å². The number of hydrogen-bond donors (Lipinski definition) is 3. The van der Waals surface area contributed by atoms with Crippen molar-refractivity contribution in [3.05, 3.63) is 76.2 Å². The van der Waals surface area contributed by atoms with Crippen LogP contribution >= 0.6 is 0 Å². The summed E-state index contributed by atoms with van der Waals surface area (Å²) >= 11 is 0. The van der Waals surface area contributed by atoms with Crippen LogP contribution in [0.25, 0.3) is 0 Å². The van der Waals surface area contributed by atoms with E-state index in [-0.39, 0.29) is 11.4 Å². The van der Waals surface area contributed by atoms with Crippen molar-refractivity contribution in [3.8, 4) is 5.75 Å². The fourth-order valence-corrected chi connectivity index (χ4v) is 2.74. The average Bonchev–Trinajstić information content (AvgIpc) is 2.69. The Hall–Kier alpha value is -4.01. The number of para-hydroxylation sites is 1. The van der Waals surface area contributed by atoms with Crippen LogP contribution in [0.1, 0.15) is 12.5 Å². The van der Waals surface area contributed by atoms with Gasteiger partial charge in [0.05, 0.1) is 17.7 Å². The van der Waals surface area contributed by atoms with Gasteiger partial charge in [-0.15, -0.1) is 0 Å². The van der Waals surface area contributed by atoms with E-state index in [9.17, 15) is 14.5 Å². The van der Waals surface area contributed by atoms with Crippen LogP contribution in [-0.4, -0.2) is 22.7 Å². The third kappa shape index (κ3) is 4.46.